The maximum absolute atomic E-state index is 11.7. The molecule has 92 valence electrons. The number of rotatable bonds is 8. The molecule has 0 fully saturated rings. The van der Waals surface area contributed by atoms with Crippen molar-refractivity contribution in [3.63, 3.8) is 0 Å². The van der Waals surface area contributed by atoms with Crippen LogP contribution in [-0.4, -0.2) is 19.5 Å². The Morgan fingerprint density at radius 1 is 1.18 bits per heavy atom. The number of allylic oxidation sites excluding steroid dienone is 2. The molecule has 2 heteroatoms. The third kappa shape index (κ3) is 6.03. The molecule has 0 aliphatic rings. The molecule has 0 saturated heterocycles. The highest BCUT2D eigenvalue weighted by Crippen LogP contribution is 2.04. The lowest BCUT2D eigenvalue weighted by atomic mass is 10.1. The van der Waals surface area contributed by atoms with Crippen molar-refractivity contribution in [2.75, 3.05) is 13.7 Å². The molecule has 1 rings (SSSR count). The van der Waals surface area contributed by atoms with Gasteiger partial charge >= 0.3 is 0 Å². The SMILES string of the molecule is COCCCCC/C=C/C(=O)c1ccccc1. The number of benzene rings is 1. The maximum atomic E-state index is 11.7. The first-order chi connectivity index (χ1) is 8.34. The number of ether oxygens (including phenoxy) is 1. The van der Waals surface area contributed by atoms with Gasteiger partial charge in [0.05, 0.1) is 0 Å². The molecule has 0 N–H and O–H groups in total. The van der Waals surface area contributed by atoms with Gasteiger partial charge in [-0.25, -0.2) is 0 Å². The minimum atomic E-state index is 0.0856. The zero-order valence-corrected chi connectivity index (χ0v) is 10.4. The summed E-state index contributed by atoms with van der Waals surface area (Å²) < 4.78 is 4.97. The zero-order chi connectivity index (χ0) is 12.3. The van der Waals surface area contributed by atoms with Gasteiger partial charge in [-0.1, -0.05) is 42.8 Å². The van der Waals surface area contributed by atoms with E-state index in [1.807, 2.05) is 36.4 Å². The smallest absolute Gasteiger partial charge is 0.185 e. The number of ketones is 1. The van der Waals surface area contributed by atoms with Crippen molar-refractivity contribution in [2.24, 2.45) is 0 Å². The molecule has 1 aromatic carbocycles. The van der Waals surface area contributed by atoms with Crippen LogP contribution in [0.5, 0.6) is 0 Å². The van der Waals surface area contributed by atoms with Crippen LogP contribution in [0.1, 0.15) is 36.0 Å². The fourth-order valence-electron chi connectivity index (χ4n) is 1.57. The van der Waals surface area contributed by atoms with Crippen LogP contribution in [0.4, 0.5) is 0 Å². The van der Waals surface area contributed by atoms with Crippen molar-refractivity contribution in [1.29, 1.82) is 0 Å². The van der Waals surface area contributed by atoms with Gasteiger partial charge in [-0.15, -0.1) is 0 Å². The highest BCUT2D eigenvalue weighted by atomic mass is 16.5. The van der Waals surface area contributed by atoms with Gasteiger partial charge in [0.15, 0.2) is 5.78 Å². The average molecular weight is 232 g/mol. The van der Waals surface area contributed by atoms with Crippen LogP contribution in [0.15, 0.2) is 42.5 Å². The lowest BCUT2D eigenvalue weighted by molar-refractivity contribution is 0.104. The average Bonchev–Trinajstić information content (AvgIpc) is 2.38. The van der Waals surface area contributed by atoms with Crippen molar-refractivity contribution in [1.82, 2.24) is 0 Å². The molecule has 0 spiro atoms. The first-order valence-corrected chi connectivity index (χ1v) is 6.09. The van der Waals surface area contributed by atoms with E-state index in [0.29, 0.717) is 0 Å². The second kappa shape index (κ2) is 8.71. The zero-order valence-electron chi connectivity index (χ0n) is 10.4. The second-order valence-electron chi connectivity index (χ2n) is 3.97. The van der Waals surface area contributed by atoms with Gasteiger partial charge in [0.2, 0.25) is 0 Å². The monoisotopic (exact) mass is 232 g/mol. The number of carbonyl (C=O) groups is 1. The topological polar surface area (TPSA) is 26.3 Å². The van der Waals surface area contributed by atoms with Crippen LogP contribution < -0.4 is 0 Å². The molecule has 0 bridgehead atoms. The molecular formula is C15H20O2. The fraction of sp³-hybridized carbons (Fsp3) is 0.400. The molecule has 0 atom stereocenters. The summed E-state index contributed by atoms with van der Waals surface area (Å²) in [5.74, 6) is 0.0856. The highest BCUT2D eigenvalue weighted by Gasteiger charge is 1.98. The van der Waals surface area contributed by atoms with Gasteiger partial charge in [-0.05, 0) is 25.3 Å². The van der Waals surface area contributed by atoms with Crippen molar-refractivity contribution in [3.05, 3.63) is 48.0 Å². The maximum Gasteiger partial charge on any atom is 0.185 e. The summed E-state index contributed by atoms with van der Waals surface area (Å²) in [5.41, 5.74) is 0.753. The Morgan fingerprint density at radius 3 is 2.65 bits per heavy atom. The summed E-state index contributed by atoms with van der Waals surface area (Å²) in [4.78, 5) is 11.7. The molecule has 0 amide bonds. The summed E-state index contributed by atoms with van der Waals surface area (Å²) >= 11 is 0. The van der Waals surface area contributed by atoms with Gasteiger partial charge in [0.1, 0.15) is 0 Å². The van der Waals surface area contributed by atoms with Crippen LogP contribution in [0.25, 0.3) is 0 Å². The summed E-state index contributed by atoms with van der Waals surface area (Å²) in [6.07, 6.45) is 7.95. The van der Waals surface area contributed by atoms with E-state index in [9.17, 15) is 4.79 Å². The number of methoxy groups -OCH3 is 1. The van der Waals surface area contributed by atoms with E-state index in [2.05, 4.69) is 0 Å². The van der Waals surface area contributed by atoms with Gasteiger partial charge in [-0.2, -0.15) is 0 Å². The molecule has 0 unspecified atom stereocenters. The number of hydrogen-bond donors (Lipinski definition) is 0. The Balaban J connectivity index is 2.19. The Kier molecular flexibility index (Phi) is 6.99. The van der Waals surface area contributed by atoms with Crippen molar-refractivity contribution >= 4 is 5.78 Å². The summed E-state index contributed by atoms with van der Waals surface area (Å²) in [6.45, 7) is 0.826. The lowest BCUT2D eigenvalue weighted by Crippen LogP contribution is -1.92. The minimum Gasteiger partial charge on any atom is -0.385 e. The van der Waals surface area contributed by atoms with Crippen molar-refractivity contribution in [3.8, 4) is 0 Å². The Bertz CT molecular complexity index is 341. The summed E-state index contributed by atoms with van der Waals surface area (Å²) in [7, 11) is 1.72. The van der Waals surface area contributed by atoms with Crippen LogP contribution in [-0.2, 0) is 4.74 Å². The Morgan fingerprint density at radius 2 is 1.94 bits per heavy atom. The predicted molar refractivity (Wildman–Crippen MR) is 70.3 cm³/mol. The molecule has 0 aliphatic carbocycles. The Labute approximate surface area is 103 Å². The van der Waals surface area contributed by atoms with Gasteiger partial charge in [0.25, 0.3) is 0 Å². The van der Waals surface area contributed by atoms with Gasteiger partial charge in [-0.3, -0.25) is 4.79 Å². The van der Waals surface area contributed by atoms with E-state index in [1.54, 1.807) is 13.2 Å². The van der Waals surface area contributed by atoms with Crippen LogP contribution in [0.3, 0.4) is 0 Å². The van der Waals surface area contributed by atoms with Crippen molar-refractivity contribution < 1.29 is 9.53 Å². The van der Waals surface area contributed by atoms with E-state index >= 15 is 0 Å². The molecule has 1 aromatic rings. The largest absolute Gasteiger partial charge is 0.385 e. The molecule has 2 nitrogen and oxygen atoms in total. The van der Waals surface area contributed by atoms with Crippen LogP contribution in [0, 0.1) is 0 Å². The molecular weight excluding hydrogens is 212 g/mol. The standard InChI is InChI=1S/C15H20O2/c1-17-13-9-4-2-3-8-12-15(16)14-10-6-5-7-11-14/h5-8,10-12H,2-4,9,13H2,1H3/b12-8+. The molecule has 0 saturated carbocycles. The van der Waals surface area contributed by atoms with Crippen molar-refractivity contribution in [2.45, 2.75) is 25.7 Å². The van der Waals surface area contributed by atoms with Crippen LogP contribution in [0.2, 0.25) is 0 Å². The molecule has 0 heterocycles. The van der Waals surface area contributed by atoms with E-state index in [1.165, 1.54) is 0 Å². The highest BCUT2D eigenvalue weighted by molar-refractivity contribution is 6.04. The normalized spacial score (nSPS) is 10.9. The molecule has 0 radical (unpaired) electrons. The first-order valence-electron chi connectivity index (χ1n) is 6.09. The quantitative estimate of drug-likeness (QED) is 0.388. The molecule has 0 aliphatic heterocycles. The third-order valence-corrected chi connectivity index (χ3v) is 2.55. The fourth-order valence-corrected chi connectivity index (χ4v) is 1.57. The number of unbranched alkanes of at least 4 members (excludes halogenated alkanes) is 3. The summed E-state index contributed by atoms with van der Waals surface area (Å²) in [6, 6.07) is 9.35. The van der Waals surface area contributed by atoms with Crippen LogP contribution >= 0.6 is 0 Å². The first kappa shape index (κ1) is 13.7. The van der Waals surface area contributed by atoms with E-state index in [-0.39, 0.29) is 5.78 Å². The van der Waals surface area contributed by atoms with Gasteiger partial charge < -0.3 is 4.74 Å². The Hall–Kier alpha value is -1.41. The predicted octanol–water partition coefficient (Wildman–Crippen LogP) is 3.63. The van der Waals surface area contributed by atoms with E-state index < -0.39 is 0 Å². The van der Waals surface area contributed by atoms with E-state index in [4.69, 9.17) is 4.74 Å². The lowest BCUT2D eigenvalue weighted by Gasteiger charge is -1.97. The van der Waals surface area contributed by atoms with Gasteiger partial charge in [0, 0.05) is 19.3 Å². The second-order valence-corrected chi connectivity index (χ2v) is 3.97. The summed E-state index contributed by atoms with van der Waals surface area (Å²) in [5, 5.41) is 0. The molecule has 17 heavy (non-hydrogen) atoms. The number of hydrogen-bond acceptors (Lipinski definition) is 2. The molecule has 0 aromatic heterocycles. The minimum absolute atomic E-state index is 0.0856. The third-order valence-electron chi connectivity index (χ3n) is 2.55. The number of carbonyl (C=O) groups excluding carboxylic acids is 1. The van der Waals surface area contributed by atoms with E-state index in [0.717, 1.165) is 37.9 Å².